The molecule has 0 aliphatic heterocycles. The number of methoxy groups -OCH3 is 1. The molecule has 0 aliphatic carbocycles. The number of aromatic nitrogens is 2. The summed E-state index contributed by atoms with van der Waals surface area (Å²) in [4.78, 5) is 29.9. The van der Waals surface area contributed by atoms with Gasteiger partial charge in [-0.2, -0.15) is 0 Å². The molecule has 0 bridgehead atoms. The van der Waals surface area contributed by atoms with Gasteiger partial charge >= 0.3 is 5.97 Å². The van der Waals surface area contributed by atoms with Gasteiger partial charge in [-0.3, -0.25) is 14.9 Å². The van der Waals surface area contributed by atoms with Crippen LogP contribution >= 0.6 is 11.8 Å². The van der Waals surface area contributed by atoms with Crippen molar-refractivity contribution >= 4 is 34.3 Å². The van der Waals surface area contributed by atoms with Crippen LogP contribution in [0.3, 0.4) is 0 Å². The second-order valence-corrected chi connectivity index (χ2v) is 5.77. The molecule has 2 aromatic rings. The third-order valence-corrected chi connectivity index (χ3v) is 3.91. The number of carbonyl (C=O) groups excluding carboxylic acids is 1. The number of ether oxygens (including phenoxy) is 1. The summed E-state index contributed by atoms with van der Waals surface area (Å²) in [5, 5.41) is 12.0. The van der Waals surface area contributed by atoms with Gasteiger partial charge in [0.05, 0.1) is 24.0 Å². The highest BCUT2D eigenvalue weighted by Crippen LogP contribution is 2.31. The second kappa shape index (κ2) is 6.49. The molecule has 0 spiro atoms. The molecule has 1 aromatic heterocycles. The number of esters is 1. The molecular weight excluding hydrogens is 294 g/mol. The fraction of sp³-hybridized carbons (Fsp3) is 0.308. The summed E-state index contributed by atoms with van der Waals surface area (Å²) >= 11 is 1.36. The average Bonchev–Trinajstić information content (AvgIpc) is 2.46. The Kier molecular flexibility index (Phi) is 4.69. The van der Waals surface area contributed by atoms with Gasteiger partial charge in [0, 0.05) is 22.8 Å². The number of hydrogen-bond donors (Lipinski definition) is 0. The molecule has 0 aliphatic rings. The van der Waals surface area contributed by atoms with Crippen molar-refractivity contribution in [2.45, 2.75) is 23.6 Å². The summed E-state index contributed by atoms with van der Waals surface area (Å²) < 4.78 is 4.62. The van der Waals surface area contributed by atoms with Crippen LogP contribution < -0.4 is 0 Å². The van der Waals surface area contributed by atoms with E-state index in [0.29, 0.717) is 15.9 Å². The molecule has 2 rings (SSSR count). The Bertz CT molecular complexity index is 692. The third-order valence-electron chi connectivity index (χ3n) is 2.79. The predicted molar refractivity (Wildman–Crippen MR) is 78.1 cm³/mol. The van der Waals surface area contributed by atoms with E-state index in [1.54, 1.807) is 6.07 Å². The van der Waals surface area contributed by atoms with Crippen LogP contribution in [0.5, 0.6) is 0 Å². The number of benzene rings is 1. The lowest BCUT2D eigenvalue weighted by molar-refractivity contribution is -0.384. The van der Waals surface area contributed by atoms with Crippen LogP contribution in [0.15, 0.2) is 29.6 Å². The van der Waals surface area contributed by atoms with E-state index in [2.05, 4.69) is 14.7 Å². The van der Waals surface area contributed by atoms with E-state index in [1.807, 2.05) is 6.92 Å². The summed E-state index contributed by atoms with van der Waals surface area (Å²) in [5.74, 6) is -0.306. The van der Waals surface area contributed by atoms with Crippen molar-refractivity contribution in [2.24, 2.45) is 0 Å². The molecule has 21 heavy (non-hydrogen) atoms. The van der Waals surface area contributed by atoms with E-state index >= 15 is 0 Å². The summed E-state index contributed by atoms with van der Waals surface area (Å²) in [6.45, 7) is 1.87. The molecule has 0 radical (unpaired) electrons. The Labute approximate surface area is 124 Å². The zero-order valence-corrected chi connectivity index (χ0v) is 12.3. The average molecular weight is 307 g/mol. The third kappa shape index (κ3) is 3.66. The summed E-state index contributed by atoms with van der Waals surface area (Å²) in [6, 6.07) is 4.44. The van der Waals surface area contributed by atoms with Crippen molar-refractivity contribution in [1.29, 1.82) is 0 Å². The monoisotopic (exact) mass is 307 g/mol. The predicted octanol–water partition coefficient (Wildman–Crippen LogP) is 2.58. The number of thioether (sulfide) groups is 1. The van der Waals surface area contributed by atoms with Gasteiger partial charge in [0.15, 0.2) is 0 Å². The first-order chi connectivity index (χ1) is 10.0. The first kappa shape index (κ1) is 15.2. The molecule has 0 N–H and O–H groups in total. The number of carbonyl (C=O) groups is 1. The molecule has 0 saturated carbocycles. The van der Waals surface area contributed by atoms with Crippen molar-refractivity contribution in [3.63, 3.8) is 0 Å². The van der Waals surface area contributed by atoms with Crippen LogP contribution in [-0.4, -0.2) is 33.2 Å². The van der Waals surface area contributed by atoms with Crippen molar-refractivity contribution in [1.82, 2.24) is 9.97 Å². The number of non-ortho nitro benzene ring substituents is 1. The quantitative estimate of drug-likeness (QED) is 0.275. The molecule has 110 valence electrons. The van der Waals surface area contributed by atoms with Crippen LogP contribution in [0.1, 0.15) is 13.3 Å². The molecule has 0 saturated heterocycles. The fourth-order valence-electron chi connectivity index (χ4n) is 1.78. The van der Waals surface area contributed by atoms with E-state index in [1.165, 1.54) is 37.3 Å². The van der Waals surface area contributed by atoms with Gasteiger partial charge in [-0.05, 0) is 6.07 Å². The number of nitrogens with zero attached hydrogens (tertiary/aromatic N) is 3. The van der Waals surface area contributed by atoms with Crippen LogP contribution in [0.2, 0.25) is 0 Å². The molecule has 1 atom stereocenters. The Morgan fingerprint density at radius 2 is 2.24 bits per heavy atom. The zero-order valence-electron chi connectivity index (χ0n) is 11.5. The van der Waals surface area contributed by atoms with E-state index in [-0.39, 0.29) is 23.3 Å². The van der Waals surface area contributed by atoms with Crippen molar-refractivity contribution < 1.29 is 14.5 Å². The highest BCUT2D eigenvalue weighted by atomic mass is 32.2. The lowest BCUT2D eigenvalue weighted by Crippen LogP contribution is -2.08. The minimum Gasteiger partial charge on any atom is -0.469 e. The first-order valence-corrected chi connectivity index (χ1v) is 7.02. The summed E-state index contributed by atoms with van der Waals surface area (Å²) in [5.41, 5.74) is 0.614. The highest BCUT2D eigenvalue weighted by Gasteiger charge is 2.15. The van der Waals surface area contributed by atoms with Crippen molar-refractivity contribution in [2.75, 3.05) is 7.11 Å². The van der Waals surface area contributed by atoms with Crippen molar-refractivity contribution in [3.05, 3.63) is 34.6 Å². The first-order valence-electron chi connectivity index (χ1n) is 6.14. The Balaban J connectivity index is 2.32. The highest BCUT2D eigenvalue weighted by molar-refractivity contribution is 8.00. The summed E-state index contributed by atoms with van der Waals surface area (Å²) in [6.07, 6.45) is 1.64. The number of nitro benzene ring substituents is 1. The fourth-order valence-corrected chi connectivity index (χ4v) is 2.78. The maximum atomic E-state index is 11.3. The van der Waals surface area contributed by atoms with Gasteiger partial charge in [0.25, 0.3) is 5.69 Å². The van der Waals surface area contributed by atoms with Crippen LogP contribution in [0, 0.1) is 10.1 Å². The second-order valence-electron chi connectivity index (χ2n) is 4.35. The van der Waals surface area contributed by atoms with E-state index < -0.39 is 4.92 Å². The largest absolute Gasteiger partial charge is 0.469 e. The van der Waals surface area contributed by atoms with Gasteiger partial charge < -0.3 is 4.74 Å². The topological polar surface area (TPSA) is 95.2 Å². The lowest BCUT2D eigenvalue weighted by Gasteiger charge is -2.10. The van der Waals surface area contributed by atoms with Crippen LogP contribution in [0.25, 0.3) is 10.9 Å². The molecule has 1 unspecified atom stereocenters. The summed E-state index contributed by atoms with van der Waals surface area (Å²) in [7, 11) is 1.34. The number of hydrogen-bond acceptors (Lipinski definition) is 7. The smallest absolute Gasteiger partial charge is 0.306 e. The Morgan fingerprint density at radius 1 is 1.48 bits per heavy atom. The SMILES string of the molecule is COC(=O)CC(C)Sc1ncnc2ccc([N+](=O)[O-])cc12. The van der Waals surface area contributed by atoms with Gasteiger partial charge in [-0.25, -0.2) is 9.97 Å². The number of fused-ring (bicyclic) bond motifs is 1. The minimum atomic E-state index is -0.460. The van der Waals surface area contributed by atoms with Crippen molar-refractivity contribution in [3.8, 4) is 0 Å². The van der Waals surface area contributed by atoms with Crippen LogP contribution in [0.4, 0.5) is 5.69 Å². The van der Waals surface area contributed by atoms with E-state index in [4.69, 9.17) is 0 Å². The molecule has 0 amide bonds. The lowest BCUT2D eigenvalue weighted by atomic mass is 10.2. The van der Waals surface area contributed by atoms with Gasteiger partial charge in [-0.1, -0.05) is 6.92 Å². The van der Waals surface area contributed by atoms with Gasteiger partial charge in [0.2, 0.25) is 0 Å². The van der Waals surface area contributed by atoms with E-state index in [9.17, 15) is 14.9 Å². The van der Waals surface area contributed by atoms with E-state index in [0.717, 1.165) is 0 Å². The van der Waals surface area contributed by atoms with Gasteiger partial charge in [-0.15, -0.1) is 11.8 Å². The molecule has 7 nitrogen and oxygen atoms in total. The number of rotatable bonds is 5. The standard InChI is InChI=1S/C13H13N3O4S/c1-8(5-12(17)20-2)21-13-10-6-9(16(18)19)3-4-11(10)14-7-15-13/h3-4,6-8H,5H2,1-2H3. The maximum Gasteiger partial charge on any atom is 0.306 e. The molecule has 0 fully saturated rings. The zero-order chi connectivity index (χ0) is 15.4. The Hall–Kier alpha value is -2.22. The number of nitro groups is 1. The Morgan fingerprint density at radius 3 is 2.90 bits per heavy atom. The minimum absolute atomic E-state index is 0.0141. The molecule has 8 heteroatoms. The molecule has 1 aromatic carbocycles. The van der Waals surface area contributed by atoms with Crippen LogP contribution in [-0.2, 0) is 9.53 Å². The maximum absolute atomic E-state index is 11.3. The molecule has 1 heterocycles. The molecular formula is C13H13N3O4S. The normalized spacial score (nSPS) is 12.1. The van der Waals surface area contributed by atoms with Gasteiger partial charge in [0.1, 0.15) is 11.4 Å².